The summed E-state index contributed by atoms with van der Waals surface area (Å²) in [6.45, 7) is 6.55. The Morgan fingerprint density at radius 3 is 2.18 bits per heavy atom. The molecule has 34 heavy (non-hydrogen) atoms. The number of ether oxygens (including phenoxy) is 1. The van der Waals surface area contributed by atoms with E-state index in [2.05, 4.69) is 58.3 Å². The Labute approximate surface area is 210 Å². The molecule has 4 rings (SSSR count). The van der Waals surface area contributed by atoms with E-state index in [1.54, 1.807) is 31.4 Å². The first-order chi connectivity index (χ1) is 15.6. The second-order valence-corrected chi connectivity index (χ2v) is 8.03. The minimum Gasteiger partial charge on any atom is -0.573 e. The van der Waals surface area contributed by atoms with Crippen LogP contribution in [0.2, 0.25) is 0 Å². The number of nitrogens with zero attached hydrogens (tertiary/aromatic N) is 5. The molecule has 0 atom stereocenters. The molecule has 0 aliphatic rings. The van der Waals surface area contributed by atoms with Gasteiger partial charge in [-0.15, -0.1) is 40.5 Å². The van der Waals surface area contributed by atoms with Gasteiger partial charge in [-0.1, -0.05) is 38.6 Å². The fourth-order valence-electron chi connectivity index (χ4n) is 2.70. The Morgan fingerprint density at radius 2 is 1.71 bits per heavy atom. The Kier molecular flexibility index (Phi) is 9.10. The van der Waals surface area contributed by atoms with Crippen molar-refractivity contribution in [3.05, 3.63) is 78.1 Å². The predicted molar refractivity (Wildman–Crippen MR) is 117 cm³/mol. The standard InChI is InChI=1S/C15H17N2O.C9H5F3N3.Pt/c1-15(2,3)12-7-5-11(6-8-12)13-9-10-14(18-4)17-16-13;10-9(11,12)8-5-7(14-15-8)6-3-1-2-4-13-6;/h5,7-10H,1-4H3;1-5H;/q2*-1;+2. The summed E-state index contributed by atoms with van der Waals surface area (Å²) in [6, 6.07) is 18.9. The Bertz CT molecular complexity index is 1160. The average molecular weight is 649 g/mol. The van der Waals surface area contributed by atoms with Crippen molar-refractivity contribution in [2.45, 2.75) is 32.4 Å². The molecule has 0 saturated heterocycles. The fourth-order valence-corrected chi connectivity index (χ4v) is 2.70. The van der Waals surface area contributed by atoms with Crippen molar-refractivity contribution in [2.24, 2.45) is 0 Å². The normalized spacial score (nSPS) is 11.1. The summed E-state index contributed by atoms with van der Waals surface area (Å²) in [5.74, 6) is 0.519. The molecule has 180 valence electrons. The van der Waals surface area contributed by atoms with Gasteiger partial charge in [0.25, 0.3) is 0 Å². The van der Waals surface area contributed by atoms with Crippen LogP contribution in [0.4, 0.5) is 13.2 Å². The zero-order valence-electron chi connectivity index (χ0n) is 18.9. The van der Waals surface area contributed by atoms with E-state index < -0.39 is 11.9 Å². The third-order valence-electron chi connectivity index (χ3n) is 4.56. The number of hydrogen-bond donors (Lipinski definition) is 0. The predicted octanol–water partition coefficient (Wildman–Crippen LogP) is 5.37. The van der Waals surface area contributed by atoms with Gasteiger partial charge in [-0.05, 0) is 29.7 Å². The van der Waals surface area contributed by atoms with Crippen LogP contribution in [0.25, 0.3) is 22.6 Å². The molecule has 0 spiro atoms. The summed E-state index contributed by atoms with van der Waals surface area (Å²) >= 11 is 0. The van der Waals surface area contributed by atoms with Crippen LogP contribution in [0, 0.1) is 6.07 Å². The summed E-state index contributed by atoms with van der Waals surface area (Å²) in [7, 11) is 1.58. The van der Waals surface area contributed by atoms with Crippen molar-refractivity contribution in [3.8, 4) is 28.5 Å². The van der Waals surface area contributed by atoms with Gasteiger partial charge in [0.1, 0.15) is 5.69 Å². The molecule has 6 nitrogen and oxygen atoms in total. The number of halogens is 3. The fraction of sp³-hybridized carbons (Fsp3) is 0.250. The van der Waals surface area contributed by atoms with E-state index in [0.717, 1.165) is 17.3 Å². The van der Waals surface area contributed by atoms with Gasteiger partial charge in [-0.25, -0.2) is 0 Å². The largest absolute Gasteiger partial charge is 2.00 e. The van der Waals surface area contributed by atoms with Crippen molar-refractivity contribution in [1.29, 1.82) is 0 Å². The maximum atomic E-state index is 12.2. The molecule has 0 amide bonds. The number of methoxy groups -OCH3 is 1. The van der Waals surface area contributed by atoms with E-state index in [1.165, 1.54) is 11.8 Å². The summed E-state index contributed by atoms with van der Waals surface area (Å²) in [4.78, 5) is 3.87. The number of hydrogen-bond acceptors (Lipinski definition) is 5. The van der Waals surface area contributed by atoms with Crippen molar-refractivity contribution in [1.82, 2.24) is 25.4 Å². The van der Waals surface area contributed by atoms with E-state index in [9.17, 15) is 13.2 Å². The molecule has 0 aliphatic heterocycles. The number of alkyl halides is 3. The molecule has 10 heteroatoms. The van der Waals surface area contributed by atoms with Crippen LogP contribution in [-0.2, 0) is 32.7 Å². The first-order valence-electron chi connectivity index (χ1n) is 9.97. The molecule has 0 N–H and O–H groups in total. The molecule has 0 unspecified atom stereocenters. The first-order valence-corrected chi connectivity index (χ1v) is 9.97. The van der Waals surface area contributed by atoms with E-state index in [-0.39, 0.29) is 32.2 Å². The summed E-state index contributed by atoms with van der Waals surface area (Å²) in [5, 5.41) is 14.5. The van der Waals surface area contributed by atoms with Crippen molar-refractivity contribution < 1.29 is 39.0 Å². The van der Waals surface area contributed by atoms with Crippen LogP contribution in [-0.4, -0.2) is 27.4 Å². The zero-order chi connectivity index (χ0) is 24.1. The third-order valence-corrected chi connectivity index (χ3v) is 4.56. The van der Waals surface area contributed by atoms with Gasteiger partial charge >= 0.3 is 27.2 Å². The van der Waals surface area contributed by atoms with Crippen LogP contribution in [0.3, 0.4) is 0 Å². The maximum Gasteiger partial charge on any atom is 2.00 e. The van der Waals surface area contributed by atoms with E-state index >= 15 is 0 Å². The molecule has 3 aromatic heterocycles. The van der Waals surface area contributed by atoms with Gasteiger partial charge in [-0.3, -0.25) is 4.98 Å². The monoisotopic (exact) mass is 648 g/mol. The number of aromatic nitrogens is 5. The first kappa shape index (κ1) is 27.2. The van der Waals surface area contributed by atoms with Crippen molar-refractivity contribution in [3.63, 3.8) is 0 Å². The molecular formula is C24H22F3N5OPt. The summed E-state index contributed by atoms with van der Waals surface area (Å²) in [6.07, 6.45) is -2.97. The van der Waals surface area contributed by atoms with E-state index in [4.69, 9.17) is 4.74 Å². The second kappa shape index (κ2) is 11.4. The number of pyridine rings is 1. The molecule has 0 aliphatic carbocycles. The minimum absolute atomic E-state index is 0. The molecule has 1 aromatic carbocycles. The molecule has 0 bridgehead atoms. The number of rotatable bonds is 3. The van der Waals surface area contributed by atoms with Crippen molar-refractivity contribution in [2.75, 3.05) is 7.11 Å². The van der Waals surface area contributed by atoms with Gasteiger partial charge in [0.05, 0.1) is 7.11 Å². The summed E-state index contributed by atoms with van der Waals surface area (Å²) < 4.78 is 41.6. The van der Waals surface area contributed by atoms with Crippen molar-refractivity contribution >= 4 is 0 Å². The Balaban J connectivity index is 0.000000237. The Hall–Kier alpha value is -3.06. The molecule has 0 fully saturated rings. The van der Waals surface area contributed by atoms with E-state index in [1.807, 2.05) is 18.2 Å². The van der Waals surface area contributed by atoms with Crippen LogP contribution in [0.5, 0.6) is 5.88 Å². The molecular weight excluding hydrogens is 626 g/mol. The quantitative estimate of drug-likeness (QED) is 0.279. The van der Waals surface area contributed by atoms with Crippen LogP contribution >= 0.6 is 0 Å². The SMILES string of the molecule is COc1ccc(-c2[c-]cc(C(C)(C)C)cc2)nn1.FC(F)(F)c1cc(-c2ccccn2)[n-]n1.[Pt+2]. The van der Waals surface area contributed by atoms with Gasteiger partial charge in [0.15, 0.2) is 0 Å². The van der Waals surface area contributed by atoms with Crippen LogP contribution in [0.1, 0.15) is 32.0 Å². The number of benzene rings is 1. The van der Waals surface area contributed by atoms with Gasteiger partial charge in [0, 0.05) is 17.6 Å². The van der Waals surface area contributed by atoms with Crippen LogP contribution < -0.4 is 9.84 Å². The zero-order valence-corrected chi connectivity index (χ0v) is 21.1. The molecule has 3 heterocycles. The van der Waals surface area contributed by atoms with Crippen LogP contribution in [0.15, 0.2) is 60.8 Å². The smallest absolute Gasteiger partial charge is 0.573 e. The topological polar surface area (TPSA) is 74.9 Å². The second-order valence-electron chi connectivity index (χ2n) is 8.03. The molecule has 0 saturated carbocycles. The molecule has 4 aromatic rings. The van der Waals surface area contributed by atoms with Gasteiger partial charge in [0.2, 0.25) is 5.88 Å². The van der Waals surface area contributed by atoms with E-state index in [0.29, 0.717) is 11.6 Å². The average Bonchev–Trinajstić information content (AvgIpc) is 3.31. The third kappa shape index (κ3) is 7.22. The maximum absolute atomic E-state index is 12.2. The van der Waals surface area contributed by atoms with Gasteiger partial charge in [-0.2, -0.15) is 18.3 Å². The minimum atomic E-state index is -4.46. The molecule has 0 radical (unpaired) electrons. The van der Waals surface area contributed by atoms with Gasteiger partial charge < -0.3 is 14.9 Å². The Morgan fingerprint density at radius 1 is 0.941 bits per heavy atom. The summed E-state index contributed by atoms with van der Waals surface area (Å²) in [5.41, 5.74) is 2.65.